The largest absolute Gasteiger partial charge is 0.505 e. The summed E-state index contributed by atoms with van der Waals surface area (Å²) in [4.78, 5) is 0. The molecule has 0 bridgehead atoms. The monoisotopic (exact) mass is 271 g/mol. The molecular weight excluding hydrogens is 261 g/mol. The highest BCUT2D eigenvalue weighted by Gasteiger charge is 2.10. The van der Waals surface area contributed by atoms with Crippen molar-refractivity contribution < 1.29 is 5.11 Å². The number of anilines is 1. The van der Waals surface area contributed by atoms with E-state index in [0.29, 0.717) is 0 Å². The molecule has 1 aromatic carbocycles. The van der Waals surface area contributed by atoms with E-state index in [9.17, 15) is 5.11 Å². The normalized spacial score (nSPS) is 12.4. The molecule has 4 nitrogen and oxygen atoms in total. The number of aromatic nitrogens is 2. The van der Waals surface area contributed by atoms with Gasteiger partial charge in [0.1, 0.15) is 0 Å². The van der Waals surface area contributed by atoms with Gasteiger partial charge in [0.15, 0.2) is 5.75 Å². The third kappa shape index (κ3) is 2.65. The van der Waals surface area contributed by atoms with Gasteiger partial charge >= 0.3 is 0 Å². The van der Waals surface area contributed by atoms with Crippen LogP contribution in [0, 0.1) is 0 Å². The van der Waals surface area contributed by atoms with Crippen LogP contribution in [-0.2, 0) is 0 Å². The molecule has 0 saturated heterocycles. The average molecular weight is 272 g/mol. The SMILES string of the molecule is CC(Nc1cc(Cl)c(O)c(Cl)c1)c1ccn[nH]1. The summed E-state index contributed by atoms with van der Waals surface area (Å²) in [5.74, 6) is -0.104. The van der Waals surface area contributed by atoms with Crippen LogP contribution < -0.4 is 5.32 Å². The number of phenolic OH excluding ortho intramolecular Hbond substituents is 1. The third-order valence-corrected chi connectivity index (χ3v) is 2.97. The van der Waals surface area contributed by atoms with Crippen LogP contribution in [-0.4, -0.2) is 15.3 Å². The summed E-state index contributed by atoms with van der Waals surface area (Å²) in [7, 11) is 0. The molecule has 2 aromatic rings. The molecule has 0 spiro atoms. The molecule has 1 aromatic heterocycles. The van der Waals surface area contributed by atoms with Crippen molar-refractivity contribution >= 4 is 28.9 Å². The molecule has 0 aliphatic carbocycles. The number of phenols is 1. The van der Waals surface area contributed by atoms with Gasteiger partial charge < -0.3 is 10.4 Å². The van der Waals surface area contributed by atoms with Crippen LogP contribution >= 0.6 is 23.2 Å². The highest BCUT2D eigenvalue weighted by Crippen LogP contribution is 2.35. The van der Waals surface area contributed by atoms with Gasteiger partial charge in [0.2, 0.25) is 0 Å². The molecule has 0 fully saturated rings. The minimum atomic E-state index is -0.104. The van der Waals surface area contributed by atoms with E-state index in [-0.39, 0.29) is 21.8 Å². The quantitative estimate of drug-likeness (QED) is 0.748. The van der Waals surface area contributed by atoms with Gasteiger partial charge in [-0.3, -0.25) is 5.10 Å². The number of hydrogen-bond donors (Lipinski definition) is 3. The maximum Gasteiger partial charge on any atom is 0.152 e. The van der Waals surface area contributed by atoms with Gasteiger partial charge in [0.05, 0.1) is 21.8 Å². The zero-order valence-electron chi connectivity index (χ0n) is 9.04. The minimum Gasteiger partial charge on any atom is -0.505 e. The maximum atomic E-state index is 9.44. The van der Waals surface area contributed by atoms with Crippen molar-refractivity contribution in [1.82, 2.24) is 10.2 Å². The van der Waals surface area contributed by atoms with Crippen LogP contribution in [0.5, 0.6) is 5.75 Å². The van der Waals surface area contributed by atoms with Crippen molar-refractivity contribution in [2.75, 3.05) is 5.32 Å². The van der Waals surface area contributed by atoms with Gasteiger partial charge in [-0.2, -0.15) is 5.10 Å². The first-order valence-electron chi connectivity index (χ1n) is 5.01. The molecule has 17 heavy (non-hydrogen) atoms. The van der Waals surface area contributed by atoms with Crippen LogP contribution in [0.4, 0.5) is 5.69 Å². The summed E-state index contributed by atoms with van der Waals surface area (Å²) in [5, 5.41) is 19.8. The number of hydrogen-bond acceptors (Lipinski definition) is 3. The lowest BCUT2D eigenvalue weighted by atomic mass is 10.2. The molecule has 90 valence electrons. The predicted molar refractivity (Wildman–Crippen MR) is 68.8 cm³/mol. The molecule has 2 rings (SSSR count). The summed E-state index contributed by atoms with van der Waals surface area (Å²) in [6.45, 7) is 1.97. The van der Waals surface area contributed by atoms with Gasteiger partial charge in [0.25, 0.3) is 0 Å². The molecule has 3 N–H and O–H groups in total. The summed E-state index contributed by atoms with van der Waals surface area (Å²) in [6, 6.07) is 5.15. The summed E-state index contributed by atoms with van der Waals surface area (Å²) in [5.41, 5.74) is 1.69. The number of rotatable bonds is 3. The molecule has 6 heteroatoms. The Morgan fingerprint density at radius 2 is 2.00 bits per heavy atom. The molecular formula is C11H11Cl2N3O. The summed E-state index contributed by atoms with van der Waals surface area (Å²) < 4.78 is 0. The standard InChI is InChI=1S/C11H11Cl2N3O/c1-6(10-2-3-14-16-10)15-7-4-8(12)11(17)9(13)5-7/h2-6,15,17H,1H3,(H,14,16). The number of aromatic hydroxyl groups is 1. The van der Waals surface area contributed by atoms with Gasteiger partial charge in [-0.1, -0.05) is 23.2 Å². The lowest BCUT2D eigenvalue weighted by molar-refractivity contribution is 0.476. The fraction of sp³-hybridized carbons (Fsp3) is 0.182. The summed E-state index contributed by atoms with van der Waals surface area (Å²) >= 11 is 11.7. The molecule has 0 saturated carbocycles. The van der Waals surface area contributed by atoms with E-state index in [0.717, 1.165) is 11.4 Å². The second kappa shape index (κ2) is 4.85. The van der Waals surface area contributed by atoms with Crippen molar-refractivity contribution in [2.24, 2.45) is 0 Å². The van der Waals surface area contributed by atoms with E-state index >= 15 is 0 Å². The lowest BCUT2D eigenvalue weighted by Gasteiger charge is -2.14. The van der Waals surface area contributed by atoms with Crippen molar-refractivity contribution in [3.63, 3.8) is 0 Å². The number of nitrogens with one attached hydrogen (secondary N) is 2. The van der Waals surface area contributed by atoms with Gasteiger partial charge in [0, 0.05) is 11.9 Å². The summed E-state index contributed by atoms with van der Waals surface area (Å²) in [6.07, 6.45) is 1.68. The van der Waals surface area contributed by atoms with Crippen LogP contribution in [0.15, 0.2) is 24.4 Å². The lowest BCUT2D eigenvalue weighted by Crippen LogP contribution is -2.07. The van der Waals surface area contributed by atoms with E-state index in [1.807, 2.05) is 13.0 Å². The molecule has 1 heterocycles. The van der Waals surface area contributed by atoms with E-state index in [4.69, 9.17) is 23.2 Å². The Morgan fingerprint density at radius 3 is 2.53 bits per heavy atom. The fourth-order valence-corrected chi connectivity index (χ4v) is 1.97. The first-order valence-corrected chi connectivity index (χ1v) is 5.77. The topological polar surface area (TPSA) is 60.9 Å². The number of aromatic amines is 1. The van der Waals surface area contributed by atoms with E-state index in [1.165, 1.54) is 0 Å². The minimum absolute atomic E-state index is 0.0363. The second-order valence-electron chi connectivity index (χ2n) is 3.67. The Morgan fingerprint density at radius 1 is 1.35 bits per heavy atom. The average Bonchev–Trinajstić information content (AvgIpc) is 2.79. The molecule has 0 amide bonds. The van der Waals surface area contributed by atoms with E-state index < -0.39 is 0 Å². The molecule has 1 unspecified atom stereocenters. The van der Waals surface area contributed by atoms with Crippen LogP contribution in [0.3, 0.4) is 0 Å². The Kier molecular flexibility index (Phi) is 3.45. The Bertz CT molecular complexity index is 490. The molecule has 0 aliphatic rings. The maximum absolute atomic E-state index is 9.44. The van der Waals surface area contributed by atoms with Gasteiger partial charge in [-0.25, -0.2) is 0 Å². The van der Waals surface area contributed by atoms with Crippen molar-refractivity contribution in [3.05, 3.63) is 40.1 Å². The number of nitrogens with zero attached hydrogens (tertiary/aromatic N) is 1. The zero-order valence-corrected chi connectivity index (χ0v) is 10.5. The molecule has 0 radical (unpaired) electrons. The van der Waals surface area contributed by atoms with Gasteiger partial charge in [-0.15, -0.1) is 0 Å². The highest BCUT2D eigenvalue weighted by molar-refractivity contribution is 6.37. The number of benzene rings is 1. The van der Waals surface area contributed by atoms with Crippen LogP contribution in [0.2, 0.25) is 10.0 Å². The Labute approximate surface area is 109 Å². The number of halogens is 2. The van der Waals surface area contributed by atoms with Crippen molar-refractivity contribution in [2.45, 2.75) is 13.0 Å². The first-order chi connectivity index (χ1) is 8.08. The van der Waals surface area contributed by atoms with E-state index in [2.05, 4.69) is 15.5 Å². The Balaban J connectivity index is 2.19. The van der Waals surface area contributed by atoms with Crippen molar-refractivity contribution in [3.8, 4) is 5.75 Å². The molecule has 0 aliphatic heterocycles. The number of H-pyrrole nitrogens is 1. The Hall–Kier alpha value is -1.39. The predicted octanol–water partition coefficient (Wildman–Crippen LogP) is 3.60. The zero-order chi connectivity index (χ0) is 12.4. The van der Waals surface area contributed by atoms with Gasteiger partial charge in [-0.05, 0) is 25.1 Å². The highest BCUT2D eigenvalue weighted by atomic mass is 35.5. The smallest absolute Gasteiger partial charge is 0.152 e. The van der Waals surface area contributed by atoms with Crippen LogP contribution in [0.1, 0.15) is 18.7 Å². The molecule has 1 atom stereocenters. The second-order valence-corrected chi connectivity index (χ2v) is 4.48. The third-order valence-electron chi connectivity index (χ3n) is 2.39. The first kappa shape index (κ1) is 12.1. The van der Waals surface area contributed by atoms with Crippen molar-refractivity contribution in [1.29, 1.82) is 0 Å². The fourth-order valence-electron chi connectivity index (χ4n) is 1.48. The van der Waals surface area contributed by atoms with E-state index in [1.54, 1.807) is 18.3 Å². The van der Waals surface area contributed by atoms with Crippen LogP contribution in [0.25, 0.3) is 0 Å².